The zero-order chi connectivity index (χ0) is 18.0. The molecule has 25 heavy (non-hydrogen) atoms. The van der Waals surface area contributed by atoms with Crippen LogP contribution in [0.5, 0.6) is 0 Å². The molecule has 3 rings (SSSR count). The number of rotatable bonds is 4. The number of benzene rings is 1. The first-order valence-corrected chi connectivity index (χ1v) is 8.43. The number of anilines is 1. The highest BCUT2D eigenvalue weighted by atomic mass is 16.4. The molecule has 1 aromatic heterocycles. The lowest BCUT2D eigenvalue weighted by molar-refractivity contribution is 0.101. The molecule has 1 aliphatic heterocycles. The highest BCUT2D eigenvalue weighted by Gasteiger charge is 2.22. The van der Waals surface area contributed by atoms with E-state index in [4.69, 9.17) is 9.68 Å². The summed E-state index contributed by atoms with van der Waals surface area (Å²) < 4.78 is 5.66. The van der Waals surface area contributed by atoms with Gasteiger partial charge in [-0.15, -0.1) is 0 Å². The smallest absolute Gasteiger partial charge is 0.208 e. The molecule has 0 aliphatic carbocycles. The van der Waals surface area contributed by atoms with Gasteiger partial charge in [0.1, 0.15) is 5.76 Å². The van der Waals surface area contributed by atoms with Gasteiger partial charge >= 0.3 is 0 Å². The average Bonchev–Trinajstić information content (AvgIpc) is 2.92. The van der Waals surface area contributed by atoms with E-state index in [0.717, 1.165) is 49.2 Å². The summed E-state index contributed by atoms with van der Waals surface area (Å²) in [5, 5.41) is 9.14. The normalized spacial score (nSPS) is 15.2. The van der Waals surface area contributed by atoms with E-state index in [9.17, 15) is 4.79 Å². The van der Waals surface area contributed by atoms with E-state index < -0.39 is 0 Å². The SMILES string of the molecule is CC(=O)c1ccc(C#N)cc1N1CCN(Cc2nc(C)c(C)o2)CC1. The fraction of sp³-hybridized carbons (Fsp3) is 0.421. The summed E-state index contributed by atoms with van der Waals surface area (Å²) in [6.45, 7) is 9.44. The fourth-order valence-corrected chi connectivity index (χ4v) is 3.11. The molecule has 0 amide bonds. The van der Waals surface area contributed by atoms with Crippen LogP contribution in [0.15, 0.2) is 22.6 Å². The molecule has 130 valence electrons. The molecule has 0 spiro atoms. The summed E-state index contributed by atoms with van der Waals surface area (Å²) in [6, 6.07) is 7.41. The minimum Gasteiger partial charge on any atom is -0.444 e. The third kappa shape index (κ3) is 3.72. The van der Waals surface area contributed by atoms with Gasteiger partial charge in [-0.25, -0.2) is 4.98 Å². The Kier molecular flexibility index (Phi) is 4.86. The van der Waals surface area contributed by atoms with E-state index >= 15 is 0 Å². The molecular weight excluding hydrogens is 316 g/mol. The number of carbonyl (C=O) groups is 1. The number of carbonyl (C=O) groups excluding carboxylic acids is 1. The summed E-state index contributed by atoms with van der Waals surface area (Å²) in [5.74, 6) is 1.64. The molecule has 6 nitrogen and oxygen atoms in total. The Morgan fingerprint density at radius 1 is 1.28 bits per heavy atom. The predicted octanol–water partition coefficient (Wildman–Crippen LogP) is 2.69. The van der Waals surface area contributed by atoms with Gasteiger partial charge in [0.25, 0.3) is 0 Å². The van der Waals surface area contributed by atoms with Gasteiger partial charge in [-0.05, 0) is 39.0 Å². The van der Waals surface area contributed by atoms with Gasteiger partial charge in [0.2, 0.25) is 5.89 Å². The van der Waals surface area contributed by atoms with Crippen molar-refractivity contribution in [1.82, 2.24) is 9.88 Å². The zero-order valence-electron chi connectivity index (χ0n) is 14.9. The molecule has 0 saturated carbocycles. The van der Waals surface area contributed by atoms with Crippen molar-refractivity contribution in [3.63, 3.8) is 0 Å². The number of ketones is 1. The fourth-order valence-electron chi connectivity index (χ4n) is 3.11. The van der Waals surface area contributed by atoms with Gasteiger partial charge in [-0.1, -0.05) is 0 Å². The third-order valence-corrected chi connectivity index (χ3v) is 4.65. The van der Waals surface area contributed by atoms with Crippen molar-refractivity contribution in [3.8, 4) is 6.07 Å². The second-order valence-corrected chi connectivity index (χ2v) is 6.41. The molecule has 2 heterocycles. The van der Waals surface area contributed by atoms with Crippen LogP contribution >= 0.6 is 0 Å². The van der Waals surface area contributed by atoms with Gasteiger partial charge < -0.3 is 9.32 Å². The lowest BCUT2D eigenvalue weighted by Crippen LogP contribution is -2.46. The van der Waals surface area contributed by atoms with Crippen LogP contribution in [-0.2, 0) is 6.54 Å². The summed E-state index contributed by atoms with van der Waals surface area (Å²) in [7, 11) is 0. The van der Waals surface area contributed by atoms with Crippen LogP contribution in [0.3, 0.4) is 0 Å². The van der Waals surface area contributed by atoms with Crippen LogP contribution < -0.4 is 4.90 Å². The van der Waals surface area contributed by atoms with E-state index in [1.807, 2.05) is 19.9 Å². The molecule has 6 heteroatoms. The van der Waals surface area contributed by atoms with Gasteiger partial charge in [-0.3, -0.25) is 9.69 Å². The summed E-state index contributed by atoms with van der Waals surface area (Å²) >= 11 is 0. The van der Waals surface area contributed by atoms with Crippen molar-refractivity contribution >= 4 is 11.5 Å². The predicted molar refractivity (Wildman–Crippen MR) is 94.6 cm³/mol. The van der Waals surface area contributed by atoms with Gasteiger partial charge in [-0.2, -0.15) is 5.26 Å². The quantitative estimate of drug-likeness (QED) is 0.798. The van der Waals surface area contributed by atoms with Crippen molar-refractivity contribution in [2.45, 2.75) is 27.3 Å². The Balaban J connectivity index is 1.70. The molecule has 2 aromatic rings. The van der Waals surface area contributed by atoms with Crippen LogP contribution in [0.4, 0.5) is 5.69 Å². The summed E-state index contributed by atoms with van der Waals surface area (Å²) in [5.41, 5.74) is 3.04. The summed E-state index contributed by atoms with van der Waals surface area (Å²) in [4.78, 5) is 20.8. The molecule has 1 aromatic carbocycles. The van der Waals surface area contributed by atoms with Crippen molar-refractivity contribution in [3.05, 3.63) is 46.7 Å². The van der Waals surface area contributed by atoms with E-state index in [2.05, 4.69) is 20.9 Å². The number of Topliss-reactive ketones (excluding diaryl/α,β-unsaturated/α-hetero) is 1. The second kappa shape index (κ2) is 7.08. The first-order valence-electron chi connectivity index (χ1n) is 8.43. The third-order valence-electron chi connectivity index (χ3n) is 4.65. The Labute approximate surface area is 147 Å². The van der Waals surface area contributed by atoms with Crippen molar-refractivity contribution in [1.29, 1.82) is 5.26 Å². The standard InChI is InChI=1S/C19H22N4O2/c1-13-15(3)25-19(21-13)12-22-6-8-23(9-7-22)18-10-16(11-20)4-5-17(18)14(2)24/h4-5,10H,6-9,12H2,1-3H3. The van der Waals surface area contributed by atoms with Crippen LogP contribution in [0.1, 0.15) is 40.2 Å². The van der Waals surface area contributed by atoms with E-state index in [1.54, 1.807) is 19.1 Å². The maximum Gasteiger partial charge on any atom is 0.208 e. The van der Waals surface area contributed by atoms with Crippen LogP contribution in [0.2, 0.25) is 0 Å². The maximum absolute atomic E-state index is 11.9. The lowest BCUT2D eigenvalue weighted by Gasteiger charge is -2.36. The first kappa shape index (κ1) is 17.2. The topological polar surface area (TPSA) is 73.4 Å². The van der Waals surface area contributed by atoms with Gasteiger partial charge in [0, 0.05) is 37.4 Å². The minimum absolute atomic E-state index is 0.0210. The second-order valence-electron chi connectivity index (χ2n) is 6.41. The molecule has 0 bridgehead atoms. The number of aryl methyl sites for hydroxylation is 2. The van der Waals surface area contributed by atoms with Crippen molar-refractivity contribution in [2.75, 3.05) is 31.1 Å². The minimum atomic E-state index is 0.0210. The van der Waals surface area contributed by atoms with Gasteiger partial charge in [0.15, 0.2) is 5.78 Å². The van der Waals surface area contributed by atoms with Crippen LogP contribution in [0, 0.1) is 25.2 Å². The first-order chi connectivity index (χ1) is 12.0. The molecular formula is C19H22N4O2. The lowest BCUT2D eigenvalue weighted by atomic mass is 10.0. The Morgan fingerprint density at radius 3 is 2.56 bits per heavy atom. The number of hydrogen-bond donors (Lipinski definition) is 0. The van der Waals surface area contributed by atoms with Crippen LogP contribution in [-0.4, -0.2) is 41.8 Å². The van der Waals surface area contributed by atoms with E-state index in [1.165, 1.54) is 0 Å². The highest BCUT2D eigenvalue weighted by Crippen LogP contribution is 2.24. The number of nitriles is 1. The average molecular weight is 338 g/mol. The number of aromatic nitrogens is 1. The molecule has 1 fully saturated rings. The van der Waals surface area contributed by atoms with Crippen molar-refractivity contribution < 1.29 is 9.21 Å². The molecule has 0 radical (unpaired) electrons. The number of hydrogen-bond acceptors (Lipinski definition) is 6. The number of piperazine rings is 1. The molecule has 0 atom stereocenters. The Hall–Kier alpha value is -2.65. The number of oxazole rings is 1. The monoisotopic (exact) mass is 338 g/mol. The van der Waals surface area contributed by atoms with E-state index in [-0.39, 0.29) is 5.78 Å². The molecule has 0 N–H and O–H groups in total. The molecule has 1 aliphatic rings. The maximum atomic E-state index is 11.9. The van der Waals surface area contributed by atoms with Gasteiger partial charge in [0.05, 0.1) is 23.9 Å². The molecule has 1 saturated heterocycles. The Bertz CT molecular complexity index is 807. The largest absolute Gasteiger partial charge is 0.444 e. The molecule has 0 unspecified atom stereocenters. The Morgan fingerprint density at radius 2 is 2.00 bits per heavy atom. The van der Waals surface area contributed by atoms with E-state index in [0.29, 0.717) is 17.7 Å². The number of nitrogens with zero attached hydrogens (tertiary/aromatic N) is 4. The summed E-state index contributed by atoms with van der Waals surface area (Å²) in [6.07, 6.45) is 0. The van der Waals surface area contributed by atoms with Crippen molar-refractivity contribution in [2.24, 2.45) is 0 Å². The highest BCUT2D eigenvalue weighted by molar-refractivity contribution is 6.00. The van der Waals surface area contributed by atoms with Crippen LogP contribution in [0.25, 0.3) is 0 Å². The zero-order valence-corrected chi connectivity index (χ0v) is 14.9.